The first-order valence-electron chi connectivity index (χ1n) is 9.39. The van der Waals surface area contributed by atoms with Crippen LogP contribution in [0.4, 0.5) is 8.96 Å². The van der Waals surface area contributed by atoms with Crippen molar-refractivity contribution in [1.82, 2.24) is 10.2 Å². The Balaban J connectivity index is 4.19. The highest BCUT2D eigenvalue weighted by Gasteiger charge is 2.26. The summed E-state index contributed by atoms with van der Waals surface area (Å²) in [6, 6.07) is -0.331. The molecule has 0 aliphatic heterocycles. The van der Waals surface area contributed by atoms with Gasteiger partial charge in [0.05, 0.1) is 6.04 Å². The van der Waals surface area contributed by atoms with Crippen LogP contribution >= 0.6 is 0 Å². The molecule has 0 spiro atoms. The maximum Gasteiger partial charge on any atom is 0.0581 e. The van der Waals surface area contributed by atoms with Crippen molar-refractivity contribution in [2.45, 2.75) is 91.5 Å². The molecule has 2 atom stereocenters. The van der Waals surface area contributed by atoms with Gasteiger partial charge < -0.3 is 0 Å². The van der Waals surface area contributed by atoms with Gasteiger partial charge in [-0.3, -0.25) is 0 Å². The molecule has 0 bridgehead atoms. The van der Waals surface area contributed by atoms with E-state index in [0.29, 0.717) is 13.1 Å². The van der Waals surface area contributed by atoms with Crippen LogP contribution in [-0.2, 0) is 0 Å². The minimum Gasteiger partial charge on any atom is -0.145 e. The Bertz CT molecular complexity index is 239. The molecule has 134 valence electrons. The molecule has 0 aliphatic rings. The van der Waals surface area contributed by atoms with Crippen LogP contribution in [0.25, 0.3) is 0 Å². The minimum atomic E-state index is -0.331. The van der Waals surface area contributed by atoms with Gasteiger partial charge in [0.15, 0.2) is 0 Å². The zero-order valence-electron chi connectivity index (χ0n) is 15.3. The van der Waals surface area contributed by atoms with Gasteiger partial charge in [0, 0.05) is 19.6 Å². The van der Waals surface area contributed by atoms with Gasteiger partial charge in [0.2, 0.25) is 0 Å². The van der Waals surface area contributed by atoms with E-state index in [4.69, 9.17) is 0 Å². The Morgan fingerprint density at radius 2 is 1.32 bits per heavy atom. The van der Waals surface area contributed by atoms with Gasteiger partial charge >= 0.3 is 0 Å². The molecule has 0 aromatic carbocycles. The Hall–Kier alpha value is -0.220. The fraction of sp³-hybridized carbons (Fsp3) is 1.00. The third-order valence-electron chi connectivity index (χ3n) is 4.53. The van der Waals surface area contributed by atoms with E-state index in [-0.39, 0.29) is 18.5 Å². The van der Waals surface area contributed by atoms with Crippen molar-refractivity contribution < 1.29 is 8.96 Å². The molecule has 0 rings (SSSR count). The second-order valence-electron chi connectivity index (χ2n) is 6.57. The summed E-state index contributed by atoms with van der Waals surface area (Å²) in [5.74, 6) is 0.171. The summed E-state index contributed by atoms with van der Waals surface area (Å²) in [5, 5.41) is 1.72. The quantitative estimate of drug-likeness (QED) is 0.272. The molecule has 0 saturated carbocycles. The Kier molecular flexibility index (Phi) is 14.2. The summed E-state index contributed by atoms with van der Waals surface area (Å²) >= 11 is 0. The summed E-state index contributed by atoms with van der Waals surface area (Å²) in [6.07, 6.45) is 9.31. The van der Waals surface area contributed by atoms with E-state index in [0.717, 1.165) is 68.0 Å². The van der Waals surface area contributed by atoms with E-state index in [1.54, 1.807) is 0 Å². The lowest BCUT2D eigenvalue weighted by atomic mass is 9.98. The van der Waals surface area contributed by atoms with Crippen LogP contribution in [0, 0.1) is 5.92 Å². The fourth-order valence-electron chi connectivity index (χ4n) is 2.68. The summed E-state index contributed by atoms with van der Waals surface area (Å²) in [7, 11) is 0. The highest BCUT2D eigenvalue weighted by atomic mass is 19.2. The van der Waals surface area contributed by atoms with Gasteiger partial charge in [-0.2, -0.15) is 0 Å². The Labute approximate surface area is 137 Å². The van der Waals surface area contributed by atoms with Crippen molar-refractivity contribution in [2.75, 3.05) is 19.6 Å². The molecule has 4 heteroatoms. The molecular weight excluding hydrogens is 282 g/mol. The molecule has 0 amide bonds. The molecular formula is C18H38F2N2. The van der Waals surface area contributed by atoms with Crippen molar-refractivity contribution in [2.24, 2.45) is 5.92 Å². The highest BCUT2D eigenvalue weighted by Crippen LogP contribution is 2.18. The highest BCUT2D eigenvalue weighted by molar-refractivity contribution is 4.74. The molecule has 0 aromatic rings. The van der Waals surface area contributed by atoms with Crippen molar-refractivity contribution in [3.63, 3.8) is 0 Å². The monoisotopic (exact) mass is 320 g/mol. The molecule has 0 fully saturated rings. The molecule has 2 unspecified atom stereocenters. The van der Waals surface area contributed by atoms with E-state index in [1.165, 1.54) is 0 Å². The predicted molar refractivity (Wildman–Crippen MR) is 92.0 cm³/mol. The first-order valence-corrected chi connectivity index (χ1v) is 9.39. The summed E-state index contributed by atoms with van der Waals surface area (Å²) in [6.45, 7) is 9.40. The SMILES string of the molecule is CCCCCCN(F)CC(C(C)CC)N(F)CCCCCC. The van der Waals surface area contributed by atoms with E-state index >= 15 is 0 Å². The molecule has 0 radical (unpaired) electrons. The molecule has 2 nitrogen and oxygen atoms in total. The van der Waals surface area contributed by atoms with Gasteiger partial charge in [-0.25, -0.2) is 0 Å². The topological polar surface area (TPSA) is 6.48 Å². The average Bonchev–Trinajstić information content (AvgIpc) is 2.52. The predicted octanol–water partition coefficient (Wildman–Crippen LogP) is 5.93. The zero-order chi connectivity index (χ0) is 16.8. The molecule has 22 heavy (non-hydrogen) atoms. The van der Waals surface area contributed by atoms with Gasteiger partial charge in [-0.15, -0.1) is 19.2 Å². The number of halogens is 2. The lowest BCUT2D eigenvalue weighted by Gasteiger charge is -2.30. The van der Waals surface area contributed by atoms with Crippen molar-refractivity contribution in [3.8, 4) is 0 Å². The minimum absolute atomic E-state index is 0.171. The van der Waals surface area contributed by atoms with Crippen LogP contribution in [0.1, 0.15) is 85.5 Å². The van der Waals surface area contributed by atoms with E-state index in [9.17, 15) is 8.96 Å². The average molecular weight is 321 g/mol. The number of nitrogens with zero attached hydrogens (tertiary/aromatic N) is 2. The Morgan fingerprint density at radius 3 is 1.82 bits per heavy atom. The fourth-order valence-corrected chi connectivity index (χ4v) is 2.68. The maximum atomic E-state index is 14.4. The first kappa shape index (κ1) is 21.8. The molecule has 0 aromatic heterocycles. The summed E-state index contributed by atoms with van der Waals surface area (Å²) < 4.78 is 28.4. The smallest absolute Gasteiger partial charge is 0.0581 e. The van der Waals surface area contributed by atoms with Gasteiger partial charge in [0.1, 0.15) is 0 Å². The zero-order valence-corrected chi connectivity index (χ0v) is 15.3. The number of hydrogen-bond acceptors (Lipinski definition) is 2. The second kappa shape index (κ2) is 14.4. The van der Waals surface area contributed by atoms with Gasteiger partial charge in [-0.1, -0.05) is 72.6 Å². The molecule has 0 saturated heterocycles. The van der Waals surface area contributed by atoms with Gasteiger partial charge in [0.25, 0.3) is 0 Å². The number of rotatable bonds is 15. The third-order valence-corrected chi connectivity index (χ3v) is 4.53. The molecule has 0 heterocycles. The van der Waals surface area contributed by atoms with Crippen molar-refractivity contribution in [1.29, 1.82) is 0 Å². The Morgan fingerprint density at radius 1 is 0.773 bits per heavy atom. The lowest BCUT2D eigenvalue weighted by Crippen LogP contribution is -2.42. The standard InChI is InChI=1S/C18H38F2N2/c1-5-8-10-12-14-21(19)16-18(17(4)7-3)22(20)15-13-11-9-6-2/h17-18H,5-16H2,1-4H3. The normalized spacial score (nSPS) is 14.7. The van der Waals surface area contributed by atoms with E-state index < -0.39 is 0 Å². The van der Waals surface area contributed by atoms with Crippen LogP contribution in [0.2, 0.25) is 0 Å². The molecule has 0 N–H and O–H groups in total. The number of hydrogen-bond donors (Lipinski definition) is 0. The largest absolute Gasteiger partial charge is 0.145 e. The van der Waals surface area contributed by atoms with Crippen LogP contribution in [0.5, 0.6) is 0 Å². The van der Waals surface area contributed by atoms with E-state index in [2.05, 4.69) is 13.8 Å². The summed E-state index contributed by atoms with van der Waals surface area (Å²) in [5.41, 5.74) is 0. The maximum absolute atomic E-state index is 14.4. The van der Waals surface area contributed by atoms with Gasteiger partial charge in [-0.05, 0) is 18.8 Å². The van der Waals surface area contributed by atoms with Crippen LogP contribution in [-0.4, -0.2) is 35.9 Å². The second-order valence-corrected chi connectivity index (χ2v) is 6.57. The lowest BCUT2D eigenvalue weighted by molar-refractivity contribution is -0.0886. The van der Waals surface area contributed by atoms with Crippen LogP contribution in [0.15, 0.2) is 0 Å². The van der Waals surface area contributed by atoms with Crippen LogP contribution in [0.3, 0.4) is 0 Å². The van der Waals surface area contributed by atoms with E-state index in [1.807, 2.05) is 13.8 Å². The third kappa shape index (κ3) is 10.5. The first-order chi connectivity index (χ1) is 10.6. The molecule has 0 aliphatic carbocycles. The summed E-state index contributed by atoms with van der Waals surface area (Å²) in [4.78, 5) is 0. The number of unbranched alkanes of at least 4 members (excludes halogenated alkanes) is 6. The van der Waals surface area contributed by atoms with Crippen LogP contribution < -0.4 is 0 Å². The van der Waals surface area contributed by atoms with Crippen molar-refractivity contribution in [3.05, 3.63) is 0 Å². The van der Waals surface area contributed by atoms with Crippen molar-refractivity contribution >= 4 is 0 Å².